The number of nitrogens with one attached hydrogen (secondary N) is 2. The van der Waals surface area contributed by atoms with Crippen LogP contribution < -0.4 is 10.6 Å². The minimum atomic E-state index is 0.0360. The molecule has 0 bridgehead atoms. The topological polar surface area (TPSA) is 48.9 Å². The van der Waals surface area contributed by atoms with Gasteiger partial charge >= 0.3 is 0 Å². The van der Waals surface area contributed by atoms with Gasteiger partial charge in [-0.25, -0.2) is 0 Å². The van der Waals surface area contributed by atoms with Crippen molar-refractivity contribution in [2.45, 2.75) is 39.2 Å². The zero-order chi connectivity index (χ0) is 19.0. The number of nitrogens with zero attached hydrogens (tertiary/aromatic N) is 2. The SMILES string of the molecule is CN=C(NCC1CN(CC(C)C)CCO1)NCC(C)(C)c1ccccc1. The van der Waals surface area contributed by atoms with Crippen molar-refractivity contribution in [2.24, 2.45) is 10.9 Å². The molecule has 1 aliphatic rings. The first-order chi connectivity index (χ1) is 12.4. The smallest absolute Gasteiger partial charge is 0.191 e. The Balaban J connectivity index is 1.79. The van der Waals surface area contributed by atoms with E-state index in [9.17, 15) is 0 Å². The molecule has 5 nitrogen and oxygen atoms in total. The molecule has 0 amide bonds. The van der Waals surface area contributed by atoms with Crippen LogP contribution in [0.25, 0.3) is 0 Å². The Morgan fingerprint density at radius 1 is 1.27 bits per heavy atom. The Bertz CT molecular complexity index is 556. The van der Waals surface area contributed by atoms with Gasteiger partial charge in [0.15, 0.2) is 5.96 Å². The van der Waals surface area contributed by atoms with Crippen LogP contribution in [0, 0.1) is 5.92 Å². The van der Waals surface area contributed by atoms with Crippen LogP contribution in [0.4, 0.5) is 0 Å². The Labute approximate surface area is 159 Å². The van der Waals surface area contributed by atoms with E-state index in [0.29, 0.717) is 5.92 Å². The highest BCUT2D eigenvalue weighted by atomic mass is 16.5. The van der Waals surface area contributed by atoms with Crippen molar-refractivity contribution in [3.8, 4) is 0 Å². The molecule has 1 heterocycles. The predicted octanol–water partition coefficient (Wildman–Crippen LogP) is 2.49. The molecule has 26 heavy (non-hydrogen) atoms. The molecule has 1 saturated heterocycles. The minimum absolute atomic E-state index is 0.0360. The van der Waals surface area contributed by atoms with E-state index >= 15 is 0 Å². The predicted molar refractivity (Wildman–Crippen MR) is 110 cm³/mol. The fourth-order valence-electron chi connectivity index (χ4n) is 3.31. The maximum atomic E-state index is 5.91. The summed E-state index contributed by atoms with van der Waals surface area (Å²) in [4.78, 5) is 6.86. The second-order valence-corrected chi connectivity index (χ2v) is 8.20. The van der Waals surface area contributed by atoms with Gasteiger partial charge in [0.05, 0.1) is 12.7 Å². The summed E-state index contributed by atoms with van der Waals surface area (Å²) in [6, 6.07) is 10.6. The number of aliphatic imine (C=N–C) groups is 1. The maximum Gasteiger partial charge on any atom is 0.191 e. The molecule has 2 rings (SSSR count). The molecule has 1 aromatic rings. The van der Waals surface area contributed by atoms with Crippen molar-refractivity contribution in [3.63, 3.8) is 0 Å². The summed E-state index contributed by atoms with van der Waals surface area (Å²) in [6.07, 6.45) is 0.211. The van der Waals surface area contributed by atoms with Crippen molar-refractivity contribution in [1.82, 2.24) is 15.5 Å². The molecule has 0 radical (unpaired) electrons. The van der Waals surface area contributed by atoms with Gasteiger partial charge in [-0.3, -0.25) is 9.89 Å². The van der Waals surface area contributed by atoms with Gasteiger partial charge in [-0.2, -0.15) is 0 Å². The van der Waals surface area contributed by atoms with Crippen molar-refractivity contribution in [2.75, 3.05) is 46.4 Å². The fraction of sp³-hybridized carbons (Fsp3) is 0.667. The number of benzene rings is 1. The van der Waals surface area contributed by atoms with E-state index in [-0.39, 0.29) is 11.5 Å². The van der Waals surface area contributed by atoms with Crippen molar-refractivity contribution >= 4 is 5.96 Å². The fourth-order valence-corrected chi connectivity index (χ4v) is 3.31. The summed E-state index contributed by atoms with van der Waals surface area (Å²) in [5.74, 6) is 1.52. The third-order valence-electron chi connectivity index (χ3n) is 4.82. The molecule has 2 N–H and O–H groups in total. The second kappa shape index (κ2) is 9.93. The summed E-state index contributed by atoms with van der Waals surface area (Å²) in [5, 5.41) is 6.89. The van der Waals surface area contributed by atoms with Crippen LogP contribution in [-0.4, -0.2) is 63.3 Å². The van der Waals surface area contributed by atoms with Crippen LogP contribution >= 0.6 is 0 Å². The van der Waals surface area contributed by atoms with E-state index in [2.05, 4.69) is 78.6 Å². The summed E-state index contributed by atoms with van der Waals surface area (Å²) < 4.78 is 5.91. The highest BCUT2D eigenvalue weighted by Gasteiger charge is 2.23. The molecule has 1 fully saturated rings. The van der Waals surface area contributed by atoms with Crippen LogP contribution in [0.15, 0.2) is 35.3 Å². The van der Waals surface area contributed by atoms with Crippen molar-refractivity contribution < 1.29 is 4.74 Å². The van der Waals surface area contributed by atoms with Gasteiger partial charge in [-0.15, -0.1) is 0 Å². The number of rotatable bonds is 7. The van der Waals surface area contributed by atoms with Gasteiger partial charge < -0.3 is 15.4 Å². The lowest BCUT2D eigenvalue weighted by Gasteiger charge is -2.34. The largest absolute Gasteiger partial charge is 0.374 e. The third-order valence-corrected chi connectivity index (χ3v) is 4.82. The monoisotopic (exact) mass is 360 g/mol. The van der Waals surface area contributed by atoms with Crippen LogP contribution in [0.1, 0.15) is 33.3 Å². The highest BCUT2D eigenvalue weighted by Crippen LogP contribution is 2.21. The molecule has 1 unspecified atom stereocenters. The summed E-state index contributed by atoms with van der Waals surface area (Å²) in [5.41, 5.74) is 1.36. The molecule has 0 saturated carbocycles. The van der Waals surface area contributed by atoms with Gasteiger partial charge in [0.2, 0.25) is 0 Å². The molecular weight excluding hydrogens is 324 g/mol. The Kier molecular flexibility index (Phi) is 7.91. The molecule has 1 aliphatic heterocycles. The van der Waals surface area contributed by atoms with E-state index in [4.69, 9.17) is 4.74 Å². The van der Waals surface area contributed by atoms with Gasteiger partial charge in [0.25, 0.3) is 0 Å². The standard InChI is InChI=1S/C21H36N4O/c1-17(2)14-25-11-12-26-19(15-25)13-23-20(22-5)24-16-21(3,4)18-9-7-6-8-10-18/h6-10,17,19H,11-16H2,1-5H3,(H2,22,23,24). The van der Waals surface area contributed by atoms with E-state index in [1.807, 2.05) is 7.05 Å². The lowest BCUT2D eigenvalue weighted by molar-refractivity contribution is -0.0284. The first-order valence-corrected chi connectivity index (χ1v) is 9.74. The summed E-state index contributed by atoms with van der Waals surface area (Å²) in [7, 11) is 1.82. The Morgan fingerprint density at radius 3 is 2.65 bits per heavy atom. The zero-order valence-electron chi connectivity index (χ0n) is 17.1. The molecule has 0 aliphatic carbocycles. The van der Waals surface area contributed by atoms with Crippen LogP contribution in [0.2, 0.25) is 0 Å². The van der Waals surface area contributed by atoms with Gasteiger partial charge in [0.1, 0.15) is 0 Å². The minimum Gasteiger partial charge on any atom is -0.374 e. The molecule has 1 atom stereocenters. The zero-order valence-corrected chi connectivity index (χ0v) is 17.1. The molecule has 0 spiro atoms. The van der Waals surface area contributed by atoms with Gasteiger partial charge in [-0.05, 0) is 11.5 Å². The molecule has 5 heteroatoms. The van der Waals surface area contributed by atoms with Gasteiger partial charge in [-0.1, -0.05) is 58.0 Å². The summed E-state index contributed by atoms with van der Waals surface area (Å²) >= 11 is 0. The van der Waals surface area contributed by atoms with Gasteiger partial charge in [0, 0.05) is 45.2 Å². The summed E-state index contributed by atoms with van der Waals surface area (Å²) in [6.45, 7) is 14.6. The number of guanidine groups is 1. The van der Waals surface area contributed by atoms with Crippen LogP contribution in [0.3, 0.4) is 0 Å². The average Bonchev–Trinajstić information content (AvgIpc) is 2.62. The molecular formula is C21H36N4O. The van der Waals surface area contributed by atoms with Crippen LogP contribution in [-0.2, 0) is 10.2 Å². The lowest BCUT2D eigenvalue weighted by atomic mass is 9.85. The van der Waals surface area contributed by atoms with E-state index < -0.39 is 0 Å². The number of morpholine rings is 1. The number of ether oxygens (including phenoxy) is 1. The highest BCUT2D eigenvalue weighted by molar-refractivity contribution is 5.79. The van der Waals surface area contributed by atoms with E-state index in [0.717, 1.165) is 45.3 Å². The molecule has 146 valence electrons. The van der Waals surface area contributed by atoms with E-state index in [1.54, 1.807) is 0 Å². The Hall–Kier alpha value is -1.59. The molecule has 1 aromatic carbocycles. The average molecular weight is 361 g/mol. The first kappa shape index (κ1) is 20.7. The number of hydrogen-bond donors (Lipinski definition) is 2. The number of hydrogen-bond acceptors (Lipinski definition) is 3. The van der Waals surface area contributed by atoms with Crippen molar-refractivity contribution in [3.05, 3.63) is 35.9 Å². The normalized spacial score (nSPS) is 19.6. The molecule has 0 aromatic heterocycles. The quantitative estimate of drug-likeness (QED) is 0.579. The Morgan fingerprint density at radius 2 is 2.00 bits per heavy atom. The first-order valence-electron chi connectivity index (χ1n) is 9.74. The van der Waals surface area contributed by atoms with E-state index in [1.165, 1.54) is 5.56 Å². The lowest BCUT2D eigenvalue weighted by Crippen LogP contribution is -2.51. The van der Waals surface area contributed by atoms with Crippen molar-refractivity contribution in [1.29, 1.82) is 0 Å². The maximum absolute atomic E-state index is 5.91. The third kappa shape index (κ3) is 6.61. The second-order valence-electron chi connectivity index (χ2n) is 8.20. The van der Waals surface area contributed by atoms with Crippen LogP contribution in [0.5, 0.6) is 0 Å².